The zero-order chi connectivity index (χ0) is 15.1. The van der Waals surface area contributed by atoms with E-state index in [-0.39, 0.29) is 29.5 Å². The predicted octanol–water partition coefficient (Wildman–Crippen LogP) is 2.30. The summed E-state index contributed by atoms with van der Waals surface area (Å²) in [6.45, 7) is 8.57. The maximum absolute atomic E-state index is 11.1. The maximum atomic E-state index is 11.1. The molecule has 3 aliphatic heterocycles. The molecule has 3 fully saturated rings. The smallest absolute Gasteiger partial charge is 0.0808 e. The van der Waals surface area contributed by atoms with Crippen molar-refractivity contribution in [1.29, 1.82) is 0 Å². The molecule has 0 amide bonds. The highest BCUT2D eigenvalue weighted by molar-refractivity contribution is 5.68. The van der Waals surface area contributed by atoms with Crippen LogP contribution in [0.25, 0.3) is 0 Å². The molecule has 0 radical (unpaired) electrons. The van der Waals surface area contributed by atoms with Crippen LogP contribution in [0.1, 0.15) is 18.9 Å². The van der Waals surface area contributed by atoms with E-state index in [0.29, 0.717) is 0 Å². The molecule has 2 N–H and O–H groups in total. The van der Waals surface area contributed by atoms with Crippen molar-refractivity contribution in [1.82, 2.24) is 4.90 Å². The van der Waals surface area contributed by atoms with Crippen LogP contribution >= 0.6 is 0 Å². The molecule has 4 aliphatic rings. The summed E-state index contributed by atoms with van der Waals surface area (Å²) >= 11 is 0. The summed E-state index contributed by atoms with van der Waals surface area (Å²) in [5.41, 5.74) is 5.13. The standard InChI is InChI=1S/C19H22N2O/c1-3-12-10-21-9-8-19-13-6-4-5-7-14(13)20-17(19)11(2)15(12)16(22)18(19)21/h3-7,15-18,20,22H,2,8-10H2,1H3/b12-3-/t15-,16?,17+,18+,19?/m1/s1. The lowest BCUT2D eigenvalue weighted by Crippen LogP contribution is -2.66. The molecule has 1 aliphatic carbocycles. The molecular formula is C19H22N2O. The molecule has 5 atom stereocenters. The Hall–Kier alpha value is -1.58. The summed E-state index contributed by atoms with van der Waals surface area (Å²) in [4.78, 5) is 2.50. The van der Waals surface area contributed by atoms with E-state index in [2.05, 4.69) is 54.1 Å². The fourth-order valence-electron chi connectivity index (χ4n) is 5.77. The van der Waals surface area contributed by atoms with E-state index in [1.165, 1.54) is 22.4 Å². The Balaban J connectivity index is 1.76. The molecular weight excluding hydrogens is 272 g/mol. The zero-order valence-electron chi connectivity index (χ0n) is 12.9. The van der Waals surface area contributed by atoms with Gasteiger partial charge in [0.2, 0.25) is 0 Å². The Kier molecular flexibility index (Phi) is 2.37. The quantitative estimate of drug-likeness (QED) is 0.721. The molecule has 114 valence electrons. The van der Waals surface area contributed by atoms with E-state index in [4.69, 9.17) is 0 Å². The van der Waals surface area contributed by atoms with Crippen LogP contribution in [0, 0.1) is 5.92 Å². The van der Waals surface area contributed by atoms with Crippen LogP contribution in [-0.2, 0) is 5.41 Å². The molecule has 2 unspecified atom stereocenters. The Bertz CT molecular complexity index is 709. The minimum atomic E-state index is -0.334. The highest BCUT2D eigenvalue weighted by atomic mass is 16.3. The molecule has 0 aromatic heterocycles. The zero-order valence-corrected chi connectivity index (χ0v) is 12.9. The maximum Gasteiger partial charge on any atom is 0.0808 e. The van der Waals surface area contributed by atoms with Gasteiger partial charge in [-0.2, -0.15) is 0 Å². The van der Waals surface area contributed by atoms with Crippen LogP contribution in [0.15, 0.2) is 48.1 Å². The fourth-order valence-corrected chi connectivity index (χ4v) is 5.77. The summed E-state index contributed by atoms with van der Waals surface area (Å²) < 4.78 is 0. The molecule has 1 saturated carbocycles. The number of hydrogen-bond acceptors (Lipinski definition) is 3. The van der Waals surface area contributed by atoms with Gasteiger partial charge in [0.25, 0.3) is 0 Å². The lowest BCUT2D eigenvalue weighted by Gasteiger charge is -2.55. The number of allylic oxidation sites excluding steroid dienone is 1. The third-order valence-corrected chi connectivity index (χ3v) is 6.57. The van der Waals surface area contributed by atoms with E-state index in [1.54, 1.807) is 0 Å². The predicted molar refractivity (Wildman–Crippen MR) is 87.9 cm³/mol. The van der Waals surface area contributed by atoms with Crippen molar-refractivity contribution in [3.63, 3.8) is 0 Å². The molecule has 1 aromatic carbocycles. The molecule has 3 heterocycles. The number of benzene rings is 1. The number of hydrogen-bond donors (Lipinski definition) is 2. The minimum Gasteiger partial charge on any atom is -0.390 e. The molecule has 3 heteroatoms. The van der Waals surface area contributed by atoms with Gasteiger partial charge >= 0.3 is 0 Å². The van der Waals surface area contributed by atoms with Crippen molar-refractivity contribution in [3.8, 4) is 0 Å². The third-order valence-electron chi connectivity index (χ3n) is 6.57. The van der Waals surface area contributed by atoms with E-state index in [0.717, 1.165) is 19.5 Å². The first-order chi connectivity index (χ1) is 10.7. The summed E-state index contributed by atoms with van der Waals surface area (Å²) in [6, 6.07) is 9.11. The first kappa shape index (κ1) is 12.9. The van der Waals surface area contributed by atoms with Crippen LogP contribution in [0.5, 0.6) is 0 Å². The molecule has 3 nitrogen and oxygen atoms in total. The van der Waals surface area contributed by atoms with Gasteiger partial charge in [-0.3, -0.25) is 4.90 Å². The molecule has 2 saturated heterocycles. The first-order valence-corrected chi connectivity index (χ1v) is 8.30. The summed E-state index contributed by atoms with van der Waals surface area (Å²) in [6.07, 6.45) is 2.95. The number of anilines is 1. The second kappa shape index (κ2) is 4.03. The Morgan fingerprint density at radius 1 is 1.41 bits per heavy atom. The van der Waals surface area contributed by atoms with Gasteiger partial charge in [0.1, 0.15) is 0 Å². The number of aliphatic hydroxyl groups excluding tert-OH is 1. The van der Waals surface area contributed by atoms with Gasteiger partial charge < -0.3 is 10.4 Å². The number of nitrogens with zero attached hydrogens (tertiary/aromatic N) is 1. The van der Waals surface area contributed by atoms with E-state index in [1.807, 2.05) is 0 Å². The lowest BCUT2D eigenvalue weighted by molar-refractivity contribution is -0.0179. The molecule has 5 rings (SSSR count). The molecule has 1 spiro atoms. The third kappa shape index (κ3) is 1.23. The number of rotatable bonds is 0. The summed E-state index contributed by atoms with van der Waals surface area (Å²) in [5.74, 6) is 0.115. The Labute approximate surface area is 131 Å². The van der Waals surface area contributed by atoms with E-state index >= 15 is 0 Å². The van der Waals surface area contributed by atoms with Crippen LogP contribution in [0.2, 0.25) is 0 Å². The van der Waals surface area contributed by atoms with Gasteiger partial charge in [-0.15, -0.1) is 0 Å². The number of para-hydroxylation sites is 1. The normalized spacial score (nSPS) is 43.9. The van der Waals surface area contributed by atoms with Gasteiger partial charge in [-0.05, 0) is 37.1 Å². The van der Waals surface area contributed by atoms with Crippen molar-refractivity contribution in [2.45, 2.75) is 36.9 Å². The van der Waals surface area contributed by atoms with Crippen molar-refractivity contribution in [2.75, 3.05) is 18.4 Å². The topological polar surface area (TPSA) is 35.5 Å². The fraction of sp³-hybridized carbons (Fsp3) is 0.474. The number of piperidine rings is 1. The molecule has 22 heavy (non-hydrogen) atoms. The van der Waals surface area contributed by atoms with Crippen molar-refractivity contribution >= 4 is 5.69 Å². The number of fused-ring (bicyclic) bond motifs is 2. The van der Waals surface area contributed by atoms with Crippen LogP contribution < -0.4 is 5.32 Å². The van der Waals surface area contributed by atoms with Gasteiger partial charge in [-0.25, -0.2) is 0 Å². The van der Waals surface area contributed by atoms with E-state index in [9.17, 15) is 5.11 Å². The molecule has 2 bridgehead atoms. The second-order valence-electron chi connectivity index (χ2n) is 7.24. The lowest BCUT2D eigenvalue weighted by atomic mass is 9.57. The highest BCUT2D eigenvalue weighted by Crippen LogP contribution is 2.60. The first-order valence-electron chi connectivity index (χ1n) is 8.30. The van der Waals surface area contributed by atoms with Crippen molar-refractivity contribution in [3.05, 3.63) is 53.6 Å². The van der Waals surface area contributed by atoms with Crippen LogP contribution in [0.3, 0.4) is 0 Å². The summed E-state index contributed by atoms with van der Waals surface area (Å²) in [7, 11) is 0. The van der Waals surface area contributed by atoms with Crippen molar-refractivity contribution < 1.29 is 5.11 Å². The van der Waals surface area contributed by atoms with Crippen LogP contribution in [0.4, 0.5) is 5.69 Å². The SMILES string of the molecule is C=C1[C@@H]2/C(=C\C)CN3CCC4(c5ccccc5N[C@@H]14)[C@@H]3C2O. The van der Waals surface area contributed by atoms with Gasteiger partial charge in [-0.1, -0.05) is 36.4 Å². The monoisotopic (exact) mass is 294 g/mol. The van der Waals surface area contributed by atoms with Gasteiger partial charge in [0.15, 0.2) is 0 Å². The number of nitrogens with one attached hydrogen (secondary N) is 1. The molecule has 1 aromatic rings. The minimum absolute atomic E-state index is 0.00284. The summed E-state index contributed by atoms with van der Waals surface area (Å²) in [5, 5.41) is 14.9. The highest BCUT2D eigenvalue weighted by Gasteiger charge is 2.66. The van der Waals surface area contributed by atoms with Gasteiger partial charge in [0.05, 0.1) is 12.1 Å². The second-order valence-corrected chi connectivity index (χ2v) is 7.24. The Morgan fingerprint density at radius 2 is 2.23 bits per heavy atom. The van der Waals surface area contributed by atoms with Crippen molar-refractivity contribution in [2.24, 2.45) is 5.92 Å². The van der Waals surface area contributed by atoms with E-state index < -0.39 is 0 Å². The number of aliphatic hydroxyl groups is 1. The largest absolute Gasteiger partial charge is 0.390 e. The average molecular weight is 294 g/mol. The Morgan fingerprint density at radius 3 is 3.05 bits per heavy atom. The average Bonchev–Trinajstić information content (AvgIpc) is 3.08. The van der Waals surface area contributed by atoms with Gasteiger partial charge in [0, 0.05) is 29.6 Å². The van der Waals surface area contributed by atoms with Crippen LogP contribution in [-0.4, -0.2) is 41.3 Å².